The predicted octanol–water partition coefficient (Wildman–Crippen LogP) is 5.13. The van der Waals surface area contributed by atoms with Crippen molar-refractivity contribution in [2.75, 3.05) is 0 Å². The molecule has 0 fully saturated rings. The van der Waals surface area contributed by atoms with Crippen molar-refractivity contribution in [2.24, 2.45) is 0 Å². The molecule has 0 rings (SSSR count). The normalized spacial score (nSPS) is 16.0. The van der Waals surface area contributed by atoms with E-state index in [4.69, 9.17) is 74.4 Å². The zero-order chi connectivity index (χ0) is 9.02. The van der Waals surface area contributed by atoms with E-state index in [1.54, 1.807) is 0 Å². The van der Waals surface area contributed by atoms with E-state index < -0.39 is 22.9 Å². The summed E-state index contributed by atoms with van der Waals surface area (Å²) in [7, 11) is 39.9. The van der Waals surface area contributed by atoms with Gasteiger partial charge in [0.05, 0.1) is 0 Å². The van der Waals surface area contributed by atoms with Crippen LogP contribution in [0.4, 0.5) is 0 Å². The van der Waals surface area contributed by atoms with Gasteiger partial charge in [-0.15, -0.1) is 0 Å². The molecule has 0 spiro atoms. The standard InChI is InChI=1S/8ClH.Fe.Sb/h8*1H;;/q;;;;;;;;+3;+5/p-8. The second-order valence-corrected chi connectivity index (χ2v) is 44.2. The van der Waals surface area contributed by atoms with Crippen LogP contribution in [0.3, 0.4) is 0 Å². The average molecular weight is 461 g/mol. The van der Waals surface area contributed by atoms with Crippen LogP contribution in [0.2, 0.25) is 0 Å². The topological polar surface area (TPSA) is 0 Å². The van der Waals surface area contributed by atoms with E-state index in [9.17, 15) is 0 Å². The number of hydrogen-bond donors (Lipinski definition) is 0. The van der Waals surface area contributed by atoms with Crippen molar-refractivity contribution in [2.45, 2.75) is 0 Å². The van der Waals surface area contributed by atoms with E-state index >= 15 is 0 Å². The molecule has 0 N–H and O–H groups in total. The Labute approximate surface area is 95.3 Å². The van der Waals surface area contributed by atoms with Crippen molar-refractivity contribution in [3.05, 3.63) is 0 Å². The van der Waals surface area contributed by atoms with E-state index in [0.29, 0.717) is 0 Å². The first-order valence-electron chi connectivity index (χ1n) is 1.25. The Morgan fingerprint density at radius 2 is 0.700 bits per heavy atom. The molecule has 10 heteroatoms. The van der Waals surface area contributed by atoms with Crippen LogP contribution >= 0.6 is 74.4 Å². The molecule has 0 aliphatic rings. The van der Waals surface area contributed by atoms with E-state index in [1.807, 2.05) is 0 Å². The Morgan fingerprint density at radius 1 is 0.700 bits per heavy atom. The molecule has 0 amide bonds. The predicted molar refractivity (Wildman–Crippen MR) is 52.6 cm³/mol. The summed E-state index contributed by atoms with van der Waals surface area (Å²) in [4.78, 5) is 0. The van der Waals surface area contributed by atoms with Gasteiger partial charge in [-0.1, -0.05) is 0 Å². The molecule has 0 radical (unpaired) electrons. The van der Waals surface area contributed by atoms with Gasteiger partial charge in [-0.05, 0) is 0 Å². The monoisotopic (exact) mass is 457 g/mol. The van der Waals surface area contributed by atoms with Crippen molar-refractivity contribution >= 4 is 86.1 Å². The Bertz CT molecular complexity index is 67.5. The fourth-order valence-corrected chi connectivity index (χ4v) is 0. The summed E-state index contributed by atoms with van der Waals surface area (Å²) in [5.41, 5.74) is 0. The van der Waals surface area contributed by atoms with Gasteiger partial charge in [0.25, 0.3) is 0 Å². The van der Waals surface area contributed by atoms with Crippen LogP contribution in [-0.4, -0.2) is 11.7 Å². The van der Waals surface area contributed by atoms with Gasteiger partial charge in [-0.2, -0.15) is 0 Å². The fraction of sp³-hybridized carbons (Fsp3) is 0. The molecule has 10 heavy (non-hydrogen) atoms. The van der Waals surface area contributed by atoms with E-state index in [0.717, 1.165) is 0 Å². The van der Waals surface area contributed by atoms with Gasteiger partial charge < -0.3 is 0 Å². The molecule has 0 heterocycles. The quantitative estimate of drug-likeness (QED) is 0.439. The molecular formula is Cl8FeSb. The van der Waals surface area contributed by atoms with Crippen molar-refractivity contribution in [3.63, 3.8) is 0 Å². The van der Waals surface area contributed by atoms with Crippen LogP contribution in [-0.2, 0) is 11.2 Å². The molecule has 0 atom stereocenters. The third-order valence-electron chi connectivity index (χ3n) is 0. The molecule has 0 aromatic rings. The molecule has 0 aliphatic heterocycles. The molecule has 0 unspecified atom stereocenters. The fourth-order valence-electron chi connectivity index (χ4n) is 0. The zero-order valence-electron chi connectivity index (χ0n) is 3.82. The van der Waals surface area contributed by atoms with Crippen LogP contribution in [0.5, 0.6) is 0 Å². The summed E-state index contributed by atoms with van der Waals surface area (Å²) in [5, 5.41) is 0. The maximum atomic E-state index is 5.05. The molecule has 0 nitrogen and oxygen atoms in total. The number of halogens is 8. The molecular weight excluding hydrogens is 461 g/mol. The van der Waals surface area contributed by atoms with E-state index in [1.165, 1.54) is 0 Å². The van der Waals surface area contributed by atoms with E-state index in [2.05, 4.69) is 0 Å². The first kappa shape index (κ1) is 16.1. The number of hydrogen-bond acceptors (Lipinski definition) is 0. The summed E-state index contributed by atoms with van der Waals surface area (Å²) < 4.78 is 0. The third-order valence-corrected chi connectivity index (χ3v) is 0. The molecule has 0 aliphatic carbocycles. The summed E-state index contributed by atoms with van der Waals surface area (Å²) >= 11 is -5.66. The summed E-state index contributed by atoms with van der Waals surface area (Å²) in [5.74, 6) is 0. The van der Waals surface area contributed by atoms with Crippen molar-refractivity contribution in [1.82, 2.24) is 0 Å². The first-order chi connectivity index (χ1) is 3.97. The van der Waals surface area contributed by atoms with Crippen LogP contribution in [0.25, 0.3) is 0 Å². The van der Waals surface area contributed by atoms with Gasteiger partial charge in [-0.3, -0.25) is 0 Å². The van der Waals surface area contributed by atoms with Gasteiger partial charge in [0.2, 0.25) is 0 Å². The first-order valence-corrected chi connectivity index (χ1v) is 22.0. The molecule has 0 saturated carbocycles. The van der Waals surface area contributed by atoms with Crippen LogP contribution in [0.1, 0.15) is 0 Å². The summed E-state index contributed by atoms with van der Waals surface area (Å²) in [6.07, 6.45) is 0. The van der Waals surface area contributed by atoms with Gasteiger partial charge in [0.1, 0.15) is 0 Å². The molecule has 0 saturated heterocycles. The summed E-state index contributed by atoms with van der Waals surface area (Å²) in [6, 6.07) is 0. The summed E-state index contributed by atoms with van der Waals surface area (Å²) in [6.45, 7) is 0. The van der Waals surface area contributed by atoms with E-state index in [-0.39, 0.29) is 0 Å². The molecule has 0 bridgehead atoms. The van der Waals surface area contributed by atoms with Gasteiger partial charge in [-0.25, -0.2) is 0 Å². The van der Waals surface area contributed by atoms with Gasteiger partial charge in [0, 0.05) is 0 Å². The Hall–Kier alpha value is 3.66. The third kappa shape index (κ3) is 99.0. The minimum atomic E-state index is -4.33. The van der Waals surface area contributed by atoms with Crippen LogP contribution < -0.4 is 0 Å². The van der Waals surface area contributed by atoms with Crippen molar-refractivity contribution < 1.29 is 11.2 Å². The Balaban J connectivity index is 0. The molecule has 0 aromatic heterocycles. The second kappa shape index (κ2) is 6.20. The Kier molecular flexibility index (Phi) is 9.98. The van der Waals surface area contributed by atoms with Crippen LogP contribution in [0, 0.1) is 0 Å². The zero-order valence-corrected chi connectivity index (χ0v) is 13.5. The van der Waals surface area contributed by atoms with Crippen LogP contribution in [0.15, 0.2) is 0 Å². The molecule has 69 valence electrons. The molecule has 0 aromatic carbocycles. The van der Waals surface area contributed by atoms with Crippen molar-refractivity contribution in [1.29, 1.82) is 0 Å². The number of rotatable bonds is 0. The average Bonchev–Trinajstić information content (AvgIpc) is 1.14. The maximum absolute atomic E-state index is 5.05. The SMILES string of the molecule is [Cl][Fe]([Cl])[Cl].[Cl][Sb]([Cl])([Cl])([Cl])[Cl]. The minimum absolute atomic E-state index is 1.33. The van der Waals surface area contributed by atoms with Gasteiger partial charge in [0.15, 0.2) is 0 Å². The van der Waals surface area contributed by atoms with Crippen molar-refractivity contribution in [3.8, 4) is 0 Å². The van der Waals surface area contributed by atoms with Gasteiger partial charge >= 0.3 is 97.3 Å². The Morgan fingerprint density at radius 3 is 0.700 bits per heavy atom. The second-order valence-electron chi connectivity index (χ2n) is 0.790.